The maximum absolute atomic E-state index is 10.9. The topological polar surface area (TPSA) is 43.8 Å². The molecular formula is C16H40N2O2Si3. The molecule has 0 saturated carbocycles. The summed E-state index contributed by atoms with van der Waals surface area (Å²) in [5, 5.41) is 8.94. The summed E-state index contributed by atoms with van der Waals surface area (Å²) in [4.78, 5) is 10.9. The minimum Gasteiger partial charge on any atom is -0.481 e. The summed E-state index contributed by atoms with van der Waals surface area (Å²) in [6, 6.07) is 0. The Morgan fingerprint density at radius 3 is 1.52 bits per heavy atom. The van der Waals surface area contributed by atoms with E-state index in [-0.39, 0.29) is 6.42 Å². The van der Waals surface area contributed by atoms with Crippen LogP contribution in [-0.2, 0) is 4.79 Å². The summed E-state index contributed by atoms with van der Waals surface area (Å²) >= 11 is 0. The highest BCUT2D eigenvalue weighted by atomic mass is 28.4. The van der Waals surface area contributed by atoms with Crippen LogP contribution in [0.5, 0.6) is 0 Å². The minimum atomic E-state index is -1.43. The van der Waals surface area contributed by atoms with Gasteiger partial charge in [0, 0.05) is 6.54 Å². The van der Waals surface area contributed by atoms with Gasteiger partial charge in [-0.25, -0.2) is 0 Å². The Morgan fingerprint density at radius 1 is 0.739 bits per heavy atom. The Bertz CT molecular complexity index is 357. The van der Waals surface area contributed by atoms with Crippen molar-refractivity contribution in [2.45, 2.75) is 78.2 Å². The summed E-state index contributed by atoms with van der Waals surface area (Å²) in [5.74, 6) is -0.683. The lowest BCUT2D eigenvalue weighted by Crippen LogP contribution is -2.59. The molecule has 1 N–H and O–H groups in total. The first-order chi connectivity index (χ1) is 10.2. The zero-order valence-corrected chi connectivity index (χ0v) is 20.0. The van der Waals surface area contributed by atoms with Crippen LogP contribution in [0.1, 0.15) is 19.3 Å². The first kappa shape index (κ1) is 23.0. The molecule has 0 rings (SSSR count). The fourth-order valence-corrected chi connectivity index (χ4v) is 14.6. The van der Waals surface area contributed by atoms with Gasteiger partial charge in [-0.1, -0.05) is 58.9 Å². The molecule has 0 aromatic carbocycles. The highest BCUT2D eigenvalue weighted by Crippen LogP contribution is 2.20. The average Bonchev–Trinajstić information content (AvgIpc) is 2.26. The lowest BCUT2D eigenvalue weighted by Gasteiger charge is -2.44. The molecule has 0 aliphatic rings. The molecule has 0 radical (unpaired) electrons. The molecule has 0 bridgehead atoms. The predicted octanol–water partition coefficient (Wildman–Crippen LogP) is 4.35. The van der Waals surface area contributed by atoms with E-state index in [1.165, 1.54) is 19.4 Å². The average molecular weight is 377 g/mol. The fourth-order valence-electron chi connectivity index (χ4n) is 3.26. The maximum Gasteiger partial charge on any atom is 0.304 e. The fraction of sp³-hybridized carbons (Fsp3) is 0.938. The largest absolute Gasteiger partial charge is 0.481 e. The summed E-state index contributed by atoms with van der Waals surface area (Å²) in [6.45, 7) is 24.6. The van der Waals surface area contributed by atoms with Crippen molar-refractivity contribution in [2.24, 2.45) is 0 Å². The van der Waals surface area contributed by atoms with E-state index in [9.17, 15) is 4.79 Å². The molecule has 0 unspecified atom stereocenters. The second-order valence-corrected chi connectivity index (χ2v) is 24.7. The monoisotopic (exact) mass is 376 g/mol. The van der Waals surface area contributed by atoms with Gasteiger partial charge in [-0.15, -0.1) is 0 Å². The van der Waals surface area contributed by atoms with Crippen molar-refractivity contribution in [2.75, 3.05) is 19.6 Å². The van der Waals surface area contributed by atoms with Gasteiger partial charge in [0.25, 0.3) is 0 Å². The van der Waals surface area contributed by atoms with Crippen LogP contribution in [-0.4, -0.2) is 64.2 Å². The Kier molecular flexibility index (Phi) is 8.95. The molecule has 0 atom stereocenters. The summed E-state index contributed by atoms with van der Waals surface area (Å²) < 4.78 is 5.30. The van der Waals surface area contributed by atoms with Crippen LogP contribution < -0.4 is 0 Å². The summed E-state index contributed by atoms with van der Waals surface area (Å²) in [7, 11) is -3.94. The standard InChI is InChI=1S/C16H40N2O2Si3/c1-21(2,3)17(15-12-16(19)20)13-10-11-14-18(22(4,5)6)23(7,8)9/h10-15H2,1-9H3,(H,19,20). The zero-order valence-electron chi connectivity index (χ0n) is 17.0. The third-order valence-electron chi connectivity index (χ3n) is 4.22. The molecular weight excluding hydrogens is 336 g/mol. The third-order valence-corrected chi connectivity index (χ3v) is 14.3. The molecule has 0 aliphatic heterocycles. The molecule has 0 aromatic heterocycles. The van der Waals surface area contributed by atoms with Gasteiger partial charge in [-0.3, -0.25) is 4.79 Å². The lowest BCUT2D eigenvalue weighted by molar-refractivity contribution is -0.137. The van der Waals surface area contributed by atoms with Gasteiger partial charge in [-0.2, -0.15) is 0 Å². The molecule has 0 aromatic rings. The van der Waals surface area contributed by atoms with Crippen molar-refractivity contribution in [3.05, 3.63) is 0 Å². The van der Waals surface area contributed by atoms with E-state index in [0.29, 0.717) is 6.54 Å². The van der Waals surface area contributed by atoms with Gasteiger partial charge in [0.15, 0.2) is 0 Å². The molecule has 138 valence electrons. The molecule has 23 heavy (non-hydrogen) atoms. The van der Waals surface area contributed by atoms with Crippen LogP contribution in [0.3, 0.4) is 0 Å². The molecule has 0 saturated heterocycles. The quantitative estimate of drug-likeness (QED) is 0.430. The molecule has 7 heteroatoms. The van der Waals surface area contributed by atoms with Crippen LogP contribution in [0, 0.1) is 0 Å². The van der Waals surface area contributed by atoms with Crippen LogP contribution in [0.4, 0.5) is 0 Å². The number of hydrogen-bond donors (Lipinski definition) is 1. The number of unbranched alkanes of at least 4 members (excludes halogenated alkanes) is 1. The molecule has 0 spiro atoms. The van der Waals surface area contributed by atoms with Crippen molar-refractivity contribution in [3.8, 4) is 0 Å². The number of carboxylic acids is 1. The smallest absolute Gasteiger partial charge is 0.304 e. The van der Waals surface area contributed by atoms with E-state index in [0.717, 1.165) is 6.54 Å². The van der Waals surface area contributed by atoms with E-state index in [1.54, 1.807) is 0 Å². The number of rotatable bonds is 11. The van der Waals surface area contributed by atoms with Crippen LogP contribution in [0.2, 0.25) is 58.9 Å². The Morgan fingerprint density at radius 2 is 1.17 bits per heavy atom. The van der Waals surface area contributed by atoms with Crippen molar-refractivity contribution >= 4 is 30.7 Å². The van der Waals surface area contributed by atoms with Crippen LogP contribution in [0.25, 0.3) is 0 Å². The van der Waals surface area contributed by atoms with Crippen molar-refractivity contribution in [1.82, 2.24) is 8.80 Å². The van der Waals surface area contributed by atoms with Gasteiger partial charge in [-0.05, 0) is 25.9 Å². The minimum absolute atomic E-state index is 0.264. The third kappa shape index (κ3) is 9.81. The van der Waals surface area contributed by atoms with Gasteiger partial charge in [0.1, 0.15) is 24.7 Å². The first-order valence-electron chi connectivity index (χ1n) is 8.90. The molecule has 0 amide bonds. The zero-order chi connectivity index (χ0) is 18.5. The second-order valence-electron chi connectivity index (χ2n) is 9.50. The van der Waals surface area contributed by atoms with Crippen LogP contribution >= 0.6 is 0 Å². The molecule has 4 nitrogen and oxygen atoms in total. The Balaban J connectivity index is 4.51. The van der Waals surface area contributed by atoms with E-state index in [1.807, 2.05) is 0 Å². The van der Waals surface area contributed by atoms with Crippen molar-refractivity contribution < 1.29 is 9.90 Å². The lowest BCUT2D eigenvalue weighted by atomic mass is 10.3. The van der Waals surface area contributed by atoms with Crippen LogP contribution in [0.15, 0.2) is 0 Å². The summed E-state index contributed by atoms with van der Waals surface area (Å²) in [5.41, 5.74) is 0. The molecule has 0 heterocycles. The van der Waals surface area contributed by atoms with E-state index >= 15 is 0 Å². The highest BCUT2D eigenvalue weighted by molar-refractivity contribution is 6.89. The SMILES string of the molecule is C[Si](C)(C)N(CCCCN([Si](C)(C)C)[Si](C)(C)C)CCC(=O)O. The number of carbonyl (C=O) groups is 1. The van der Waals surface area contributed by atoms with Gasteiger partial charge >= 0.3 is 5.97 Å². The maximum atomic E-state index is 10.9. The number of aliphatic carboxylic acids is 1. The Labute approximate surface area is 147 Å². The number of nitrogens with zero attached hydrogens (tertiary/aromatic N) is 2. The van der Waals surface area contributed by atoms with E-state index in [4.69, 9.17) is 5.11 Å². The summed E-state index contributed by atoms with van der Waals surface area (Å²) in [6.07, 6.45) is 2.66. The van der Waals surface area contributed by atoms with Gasteiger partial charge in [0.05, 0.1) is 6.42 Å². The van der Waals surface area contributed by atoms with Crippen molar-refractivity contribution in [3.63, 3.8) is 0 Å². The van der Waals surface area contributed by atoms with Gasteiger partial charge < -0.3 is 13.9 Å². The number of hydrogen-bond acceptors (Lipinski definition) is 3. The molecule has 0 aliphatic carbocycles. The normalized spacial score (nSPS) is 13.9. The van der Waals surface area contributed by atoms with E-state index in [2.05, 4.69) is 67.7 Å². The highest BCUT2D eigenvalue weighted by Gasteiger charge is 2.33. The first-order valence-corrected chi connectivity index (χ1v) is 19.2. The predicted molar refractivity (Wildman–Crippen MR) is 110 cm³/mol. The van der Waals surface area contributed by atoms with Gasteiger partial charge in [0.2, 0.25) is 0 Å². The Hall–Kier alpha value is 0.0406. The molecule has 0 fully saturated rings. The van der Waals surface area contributed by atoms with E-state index < -0.39 is 30.7 Å². The van der Waals surface area contributed by atoms with Crippen molar-refractivity contribution in [1.29, 1.82) is 0 Å². The second kappa shape index (κ2) is 8.94. The number of carboxylic acid groups (broad SMARTS) is 1.